The van der Waals surface area contributed by atoms with Crippen molar-refractivity contribution in [1.29, 1.82) is 0 Å². The number of carbonyl (C=O) groups is 4. The Balaban J connectivity index is 1.48. The van der Waals surface area contributed by atoms with Crippen molar-refractivity contribution in [3.05, 3.63) is 114 Å². The second-order valence-electron chi connectivity index (χ2n) is 8.66. The molecule has 0 spiro atoms. The first-order valence-corrected chi connectivity index (χ1v) is 12.1. The Morgan fingerprint density at radius 2 is 1.00 bits per heavy atom. The van der Waals surface area contributed by atoms with Gasteiger partial charge in [0.25, 0.3) is 0 Å². The number of benzene rings is 3. The van der Waals surface area contributed by atoms with E-state index in [-0.39, 0.29) is 28.4 Å². The summed E-state index contributed by atoms with van der Waals surface area (Å²) in [5.74, 6) is -1.28. The third-order valence-electron chi connectivity index (χ3n) is 5.27. The normalized spacial score (nSPS) is 10.2. The Bertz CT molecular complexity index is 1370. The minimum absolute atomic E-state index is 0.260. The summed E-state index contributed by atoms with van der Waals surface area (Å²) in [5, 5.41) is 0. The molecular formula is C31H28O8. The van der Waals surface area contributed by atoms with Crippen LogP contribution in [0.5, 0.6) is 17.2 Å². The van der Waals surface area contributed by atoms with Crippen molar-refractivity contribution in [2.75, 3.05) is 6.61 Å². The van der Waals surface area contributed by atoms with Gasteiger partial charge < -0.3 is 18.9 Å². The first-order valence-electron chi connectivity index (χ1n) is 12.1. The van der Waals surface area contributed by atoms with E-state index < -0.39 is 23.9 Å². The molecule has 0 unspecified atom stereocenters. The van der Waals surface area contributed by atoms with Gasteiger partial charge in [-0.2, -0.15) is 0 Å². The Labute approximate surface area is 226 Å². The van der Waals surface area contributed by atoms with Gasteiger partial charge >= 0.3 is 23.9 Å². The van der Waals surface area contributed by atoms with Crippen LogP contribution in [0, 0.1) is 0 Å². The lowest BCUT2D eigenvalue weighted by molar-refractivity contribution is -0.139. The van der Waals surface area contributed by atoms with E-state index >= 15 is 0 Å². The van der Waals surface area contributed by atoms with E-state index in [0.717, 1.165) is 5.56 Å². The number of carbonyl (C=O) groups excluding carboxylic acids is 4. The minimum Gasteiger partial charge on any atom is -0.462 e. The first-order chi connectivity index (χ1) is 18.6. The summed E-state index contributed by atoms with van der Waals surface area (Å²) in [5.41, 5.74) is 2.25. The molecule has 3 aromatic carbocycles. The van der Waals surface area contributed by atoms with Crippen LogP contribution < -0.4 is 14.2 Å². The van der Waals surface area contributed by atoms with Crippen molar-refractivity contribution in [1.82, 2.24) is 0 Å². The highest BCUT2D eigenvalue weighted by atomic mass is 16.5. The summed E-state index contributed by atoms with van der Waals surface area (Å²) in [4.78, 5) is 47.9. The van der Waals surface area contributed by atoms with Crippen LogP contribution in [0.25, 0.3) is 0 Å². The molecule has 0 radical (unpaired) electrons. The van der Waals surface area contributed by atoms with E-state index in [2.05, 4.69) is 13.2 Å². The summed E-state index contributed by atoms with van der Waals surface area (Å²) < 4.78 is 20.9. The topological polar surface area (TPSA) is 105 Å². The van der Waals surface area contributed by atoms with Crippen LogP contribution in [0.1, 0.15) is 46.5 Å². The number of rotatable bonds is 11. The zero-order valence-corrected chi connectivity index (χ0v) is 21.7. The SMILES string of the molecule is C=C(C)C(=O)OCCCc1ccc(C(=O)Oc2ccc(OC(=O)c3ccc(OC(=O)C(=C)C)cc3)cc2)cc1. The highest BCUT2D eigenvalue weighted by Gasteiger charge is 2.12. The number of hydrogen-bond donors (Lipinski definition) is 0. The molecule has 200 valence electrons. The van der Waals surface area contributed by atoms with Gasteiger partial charge in [-0.25, -0.2) is 19.2 Å². The average molecular weight is 529 g/mol. The van der Waals surface area contributed by atoms with Gasteiger partial charge in [-0.05, 0) is 92.9 Å². The fraction of sp³-hybridized carbons (Fsp3) is 0.161. The Morgan fingerprint density at radius 1 is 0.590 bits per heavy atom. The summed E-state index contributed by atoms with van der Waals surface area (Å²) in [6, 6.07) is 18.9. The van der Waals surface area contributed by atoms with Crippen LogP contribution in [0.15, 0.2) is 97.1 Å². The monoisotopic (exact) mass is 528 g/mol. The molecule has 3 aromatic rings. The summed E-state index contributed by atoms with van der Waals surface area (Å²) in [6.45, 7) is 10.5. The molecule has 0 aliphatic carbocycles. The van der Waals surface area contributed by atoms with Crippen molar-refractivity contribution in [2.45, 2.75) is 26.7 Å². The van der Waals surface area contributed by atoms with Crippen LogP contribution in [0.2, 0.25) is 0 Å². The number of hydrogen-bond acceptors (Lipinski definition) is 8. The highest BCUT2D eigenvalue weighted by molar-refractivity contribution is 5.92. The smallest absolute Gasteiger partial charge is 0.343 e. The molecule has 8 nitrogen and oxygen atoms in total. The molecule has 0 fully saturated rings. The highest BCUT2D eigenvalue weighted by Crippen LogP contribution is 2.21. The molecule has 0 aliphatic heterocycles. The molecule has 0 saturated carbocycles. The van der Waals surface area contributed by atoms with E-state index in [9.17, 15) is 19.2 Å². The van der Waals surface area contributed by atoms with Gasteiger partial charge in [0.2, 0.25) is 0 Å². The molecule has 0 aliphatic rings. The zero-order chi connectivity index (χ0) is 28.4. The van der Waals surface area contributed by atoms with Crippen molar-refractivity contribution < 1.29 is 38.1 Å². The number of aryl methyl sites for hydroxylation is 1. The molecule has 0 heterocycles. The fourth-order valence-electron chi connectivity index (χ4n) is 3.13. The van der Waals surface area contributed by atoms with Gasteiger partial charge in [0, 0.05) is 11.1 Å². The maximum absolute atomic E-state index is 12.5. The Kier molecular flexibility index (Phi) is 9.92. The van der Waals surface area contributed by atoms with Crippen molar-refractivity contribution in [3.63, 3.8) is 0 Å². The van der Waals surface area contributed by atoms with Crippen LogP contribution in [0.4, 0.5) is 0 Å². The number of esters is 4. The predicted octanol–water partition coefficient (Wildman–Crippen LogP) is 5.66. The van der Waals surface area contributed by atoms with Crippen molar-refractivity contribution >= 4 is 23.9 Å². The second-order valence-corrected chi connectivity index (χ2v) is 8.66. The van der Waals surface area contributed by atoms with Crippen molar-refractivity contribution in [3.8, 4) is 17.2 Å². The fourth-order valence-corrected chi connectivity index (χ4v) is 3.13. The van der Waals surface area contributed by atoms with E-state index in [0.29, 0.717) is 30.6 Å². The van der Waals surface area contributed by atoms with E-state index in [4.69, 9.17) is 18.9 Å². The van der Waals surface area contributed by atoms with Gasteiger partial charge in [0.05, 0.1) is 17.7 Å². The van der Waals surface area contributed by atoms with Crippen LogP contribution >= 0.6 is 0 Å². The summed E-state index contributed by atoms with van der Waals surface area (Å²) in [7, 11) is 0. The Morgan fingerprint density at radius 3 is 1.46 bits per heavy atom. The standard InChI is InChI=1S/C31H28O8/c1-20(2)28(32)36-19-5-6-22-7-9-23(10-8-22)30(34)38-26-15-17-27(18-16-26)39-31(35)24-11-13-25(14-12-24)37-29(33)21(3)4/h7-18H,1,3,5-6,19H2,2,4H3. The molecule has 0 atom stereocenters. The summed E-state index contributed by atoms with van der Waals surface area (Å²) in [6.07, 6.45) is 1.33. The van der Waals surface area contributed by atoms with Crippen LogP contribution in [0.3, 0.4) is 0 Å². The molecule has 0 bridgehead atoms. The maximum atomic E-state index is 12.5. The number of ether oxygens (including phenoxy) is 4. The summed E-state index contributed by atoms with van der Waals surface area (Å²) >= 11 is 0. The van der Waals surface area contributed by atoms with Crippen molar-refractivity contribution in [2.24, 2.45) is 0 Å². The molecule has 3 rings (SSSR count). The largest absolute Gasteiger partial charge is 0.462 e. The first kappa shape index (κ1) is 28.6. The molecule has 39 heavy (non-hydrogen) atoms. The van der Waals surface area contributed by atoms with Gasteiger partial charge in [-0.1, -0.05) is 25.3 Å². The molecule has 8 heteroatoms. The van der Waals surface area contributed by atoms with E-state index in [1.54, 1.807) is 19.1 Å². The van der Waals surface area contributed by atoms with Gasteiger partial charge in [0.15, 0.2) is 0 Å². The van der Waals surface area contributed by atoms with Crippen LogP contribution in [-0.2, 0) is 20.7 Å². The molecule has 0 aromatic heterocycles. The molecule has 0 amide bonds. The molecule has 0 saturated heterocycles. The lowest BCUT2D eigenvalue weighted by atomic mass is 10.1. The second kappa shape index (κ2) is 13.5. The zero-order valence-electron chi connectivity index (χ0n) is 21.7. The van der Waals surface area contributed by atoms with Gasteiger partial charge in [0.1, 0.15) is 17.2 Å². The van der Waals surface area contributed by atoms with E-state index in [1.165, 1.54) is 55.5 Å². The quantitative estimate of drug-likeness (QED) is 0.136. The average Bonchev–Trinajstić information content (AvgIpc) is 2.92. The molecule has 0 N–H and O–H groups in total. The maximum Gasteiger partial charge on any atom is 0.343 e. The lowest BCUT2D eigenvalue weighted by Gasteiger charge is -2.08. The van der Waals surface area contributed by atoms with Gasteiger partial charge in [-0.15, -0.1) is 0 Å². The Hall–Kier alpha value is -4.98. The lowest BCUT2D eigenvalue weighted by Crippen LogP contribution is -2.10. The molecular weight excluding hydrogens is 500 g/mol. The third kappa shape index (κ3) is 8.82. The van der Waals surface area contributed by atoms with Gasteiger partial charge in [-0.3, -0.25) is 0 Å². The third-order valence-corrected chi connectivity index (χ3v) is 5.27. The predicted molar refractivity (Wildman–Crippen MR) is 144 cm³/mol. The van der Waals surface area contributed by atoms with E-state index in [1.807, 2.05) is 12.1 Å². The van der Waals surface area contributed by atoms with Crippen LogP contribution in [-0.4, -0.2) is 30.5 Å². The minimum atomic E-state index is -0.605.